The number of hydrogen-bond acceptors (Lipinski definition) is 2. The van der Waals surface area contributed by atoms with Gasteiger partial charge in [0.25, 0.3) is 0 Å². The first kappa shape index (κ1) is 11.8. The highest BCUT2D eigenvalue weighted by molar-refractivity contribution is 7.99. The summed E-state index contributed by atoms with van der Waals surface area (Å²) in [5.41, 5.74) is 0. The summed E-state index contributed by atoms with van der Waals surface area (Å²) in [6.07, 6.45) is 13.1. The first-order valence-corrected chi connectivity index (χ1v) is 7.85. The van der Waals surface area contributed by atoms with E-state index in [1.165, 1.54) is 70.1 Å². The van der Waals surface area contributed by atoms with Crippen molar-refractivity contribution in [3.05, 3.63) is 0 Å². The van der Waals surface area contributed by atoms with Crippen LogP contribution in [0.2, 0.25) is 0 Å². The lowest BCUT2D eigenvalue weighted by Crippen LogP contribution is -2.35. The molecule has 0 radical (unpaired) electrons. The Morgan fingerprint density at radius 1 is 0.867 bits per heavy atom. The van der Waals surface area contributed by atoms with Crippen LogP contribution in [-0.4, -0.2) is 23.6 Å². The fraction of sp³-hybridized carbons (Fsp3) is 1.00. The molecule has 1 heterocycles. The standard InChI is InChI=1S/C13H25NS/c1-2-4-8-12(7-3-1)14-11-13-9-5-6-10-15-13/h12-14H,1-11H2. The van der Waals surface area contributed by atoms with Crippen molar-refractivity contribution in [1.82, 2.24) is 5.32 Å². The lowest BCUT2D eigenvalue weighted by atomic mass is 10.1. The van der Waals surface area contributed by atoms with Crippen LogP contribution >= 0.6 is 11.8 Å². The highest BCUT2D eigenvalue weighted by atomic mass is 32.2. The summed E-state index contributed by atoms with van der Waals surface area (Å²) in [7, 11) is 0. The molecule has 15 heavy (non-hydrogen) atoms. The van der Waals surface area contributed by atoms with Gasteiger partial charge in [0, 0.05) is 17.8 Å². The molecule has 0 aromatic heterocycles. The molecule has 2 heteroatoms. The van der Waals surface area contributed by atoms with Crippen LogP contribution in [0.3, 0.4) is 0 Å². The van der Waals surface area contributed by atoms with E-state index in [4.69, 9.17) is 0 Å². The predicted molar refractivity (Wildman–Crippen MR) is 69.6 cm³/mol. The van der Waals surface area contributed by atoms with Crippen molar-refractivity contribution in [1.29, 1.82) is 0 Å². The Kier molecular flexibility index (Phi) is 5.34. The van der Waals surface area contributed by atoms with Crippen LogP contribution in [0, 0.1) is 0 Å². The molecule has 0 aromatic rings. The number of hydrogen-bond donors (Lipinski definition) is 1. The molecular formula is C13H25NS. The zero-order valence-corrected chi connectivity index (χ0v) is 10.7. The van der Waals surface area contributed by atoms with E-state index >= 15 is 0 Å². The molecular weight excluding hydrogens is 202 g/mol. The van der Waals surface area contributed by atoms with Crippen LogP contribution in [0.15, 0.2) is 0 Å². The minimum atomic E-state index is 0.843. The monoisotopic (exact) mass is 227 g/mol. The maximum atomic E-state index is 3.81. The Hall–Kier alpha value is 0.310. The van der Waals surface area contributed by atoms with Gasteiger partial charge in [-0.3, -0.25) is 0 Å². The smallest absolute Gasteiger partial charge is 0.0172 e. The number of thioether (sulfide) groups is 1. The molecule has 1 aliphatic carbocycles. The van der Waals surface area contributed by atoms with Gasteiger partial charge in [0.05, 0.1) is 0 Å². The quantitative estimate of drug-likeness (QED) is 0.740. The van der Waals surface area contributed by atoms with Crippen molar-refractivity contribution in [3.8, 4) is 0 Å². The first-order valence-electron chi connectivity index (χ1n) is 6.80. The molecule has 2 rings (SSSR count). The predicted octanol–water partition coefficient (Wildman–Crippen LogP) is 3.58. The Labute approximate surface area is 98.8 Å². The van der Waals surface area contributed by atoms with Crippen molar-refractivity contribution in [2.75, 3.05) is 12.3 Å². The van der Waals surface area contributed by atoms with Crippen LogP contribution in [0.4, 0.5) is 0 Å². The minimum Gasteiger partial charge on any atom is -0.313 e. The first-order chi connectivity index (χ1) is 7.45. The zero-order chi connectivity index (χ0) is 10.3. The second kappa shape index (κ2) is 6.80. The van der Waals surface area contributed by atoms with Crippen molar-refractivity contribution in [3.63, 3.8) is 0 Å². The summed E-state index contributed by atoms with van der Waals surface area (Å²) >= 11 is 2.19. The topological polar surface area (TPSA) is 12.0 Å². The molecule has 1 aliphatic heterocycles. The molecule has 0 spiro atoms. The van der Waals surface area contributed by atoms with E-state index in [1.807, 2.05) is 0 Å². The molecule has 1 unspecified atom stereocenters. The van der Waals surface area contributed by atoms with Gasteiger partial charge in [0.2, 0.25) is 0 Å². The largest absolute Gasteiger partial charge is 0.313 e. The molecule has 0 bridgehead atoms. The van der Waals surface area contributed by atoms with Crippen molar-refractivity contribution in [2.24, 2.45) is 0 Å². The summed E-state index contributed by atoms with van der Waals surface area (Å²) in [4.78, 5) is 0. The Bertz CT molecular complexity index is 158. The Morgan fingerprint density at radius 2 is 1.60 bits per heavy atom. The second-order valence-corrected chi connectivity index (χ2v) is 6.49. The fourth-order valence-electron chi connectivity index (χ4n) is 2.75. The second-order valence-electron chi connectivity index (χ2n) is 5.09. The average Bonchev–Trinajstić information content (AvgIpc) is 2.56. The molecule has 88 valence electrons. The lowest BCUT2D eigenvalue weighted by Gasteiger charge is -2.24. The lowest BCUT2D eigenvalue weighted by molar-refractivity contribution is 0.451. The van der Waals surface area contributed by atoms with Gasteiger partial charge in [-0.15, -0.1) is 0 Å². The molecule has 2 fully saturated rings. The van der Waals surface area contributed by atoms with Gasteiger partial charge in [-0.25, -0.2) is 0 Å². The number of rotatable bonds is 3. The molecule has 1 saturated heterocycles. The molecule has 1 atom stereocenters. The van der Waals surface area contributed by atoms with E-state index in [-0.39, 0.29) is 0 Å². The number of nitrogens with one attached hydrogen (secondary N) is 1. The summed E-state index contributed by atoms with van der Waals surface area (Å²) in [5.74, 6) is 1.40. The maximum absolute atomic E-state index is 3.81. The molecule has 0 amide bonds. The van der Waals surface area contributed by atoms with Gasteiger partial charge in [0.15, 0.2) is 0 Å². The van der Waals surface area contributed by atoms with Gasteiger partial charge < -0.3 is 5.32 Å². The summed E-state index contributed by atoms with van der Waals surface area (Å²) in [6.45, 7) is 1.27. The summed E-state index contributed by atoms with van der Waals surface area (Å²) < 4.78 is 0. The third-order valence-corrected chi connectivity index (χ3v) is 5.16. The van der Waals surface area contributed by atoms with Crippen LogP contribution < -0.4 is 5.32 Å². The normalized spacial score (nSPS) is 30.0. The van der Waals surface area contributed by atoms with Crippen LogP contribution in [0.1, 0.15) is 57.8 Å². The minimum absolute atomic E-state index is 0.843. The van der Waals surface area contributed by atoms with E-state index < -0.39 is 0 Å². The van der Waals surface area contributed by atoms with Gasteiger partial charge >= 0.3 is 0 Å². The fourth-order valence-corrected chi connectivity index (χ4v) is 4.00. The van der Waals surface area contributed by atoms with Gasteiger partial charge in [-0.1, -0.05) is 32.1 Å². The van der Waals surface area contributed by atoms with E-state index in [9.17, 15) is 0 Å². The van der Waals surface area contributed by atoms with Crippen LogP contribution in [0.25, 0.3) is 0 Å². The molecule has 2 aliphatic rings. The van der Waals surface area contributed by atoms with Crippen LogP contribution in [-0.2, 0) is 0 Å². The van der Waals surface area contributed by atoms with E-state index in [0.29, 0.717) is 0 Å². The van der Waals surface area contributed by atoms with Crippen molar-refractivity contribution >= 4 is 11.8 Å². The van der Waals surface area contributed by atoms with Crippen LogP contribution in [0.5, 0.6) is 0 Å². The highest BCUT2D eigenvalue weighted by Crippen LogP contribution is 2.25. The maximum Gasteiger partial charge on any atom is 0.0172 e. The average molecular weight is 227 g/mol. The molecule has 1 saturated carbocycles. The van der Waals surface area contributed by atoms with Gasteiger partial charge in [-0.2, -0.15) is 11.8 Å². The van der Waals surface area contributed by atoms with E-state index in [2.05, 4.69) is 17.1 Å². The third-order valence-electron chi connectivity index (χ3n) is 3.76. The Balaban J connectivity index is 1.62. The summed E-state index contributed by atoms with van der Waals surface area (Å²) in [6, 6.07) is 0.843. The van der Waals surface area contributed by atoms with Gasteiger partial charge in [-0.05, 0) is 31.4 Å². The van der Waals surface area contributed by atoms with Crippen molar-refractivity contribution in [2.45, 2.75) is 69.1 Å². The molecule has 0 aromatic carbocycles. The van der Waals surface area contributed by atoms with Crippen molar-refractivity contribution < 1.29 is 0 Å². The van der Waals surface area contributed by atoms with Gasteiger partial charge in [0.1, 0.15) is 0 Å². The Morgan fingerprint density at radius 3 is 2.27 bits per heavy atom. The zero-order valence-electron chi connectivity index (χ0n) is 9.84. The molecule has 1 N–H and O–H groups in total. The highest BCUT2D eigenvalue weighted by Gasteiger charge is 2.16. The third kappa shape index (κ3) is 4.36. The van der Waals surface area contributed by atoms with E-state index in [0.717, 1.165) is 11.3 Å². The molecule has 1 nitrogen and oxygen atoms in total. The SMILES string of the molecule is C1CCCC(NCC2CCCCS2)CC1. The summed E-state index contributed by atoms with van der Waals surface area (Å²) in [5, 5.41) is 4.73. The van der Waals surface area contributed by atoms with E-state index in [1.54, 1.807) is 0 Å².